The molecule has 0 unspecified atom stereocenters. The summed E-state index contributed by atoms with van der Waals surface area (Å²) in [5.41, 5.74) is 0. The monoisotopic (exact) mass is 175 g/mol. The third kappa shape index (κ3) is 85.4. The number of alkyl halides is 1. The van der Waals surface area contributed by atoms with Gasteiger partial charge in [-0.3, -0.25) is 9.59 Å². The maximum absolute atomic E-state index is 9.72. The standard InChI is InChI=1S/C2H2Cl2O.C2H4O2/c3-1-2(4)5;1-2(3)4/h1H2;1H3,(H,3,4)/i1D2;/hD. The fraction of sp³-hybridized carbons (Fsp3) is 0.500. The van der Waals surface area contributed by atoms with Crippen LogP contribution in [0.15, 0.2) is 0 Å². The van der Waals surface area contributed by atoms with Crippen molar-refractivity contribution in [2.75, 3.05) is 5.83 Å². The Morgan fingerprint density at radius 1 is 1.89 bits per heavy atom. The van der Waals surface area contributed by atoms with E-state index in [0.29, 0.717) is 0 Å². The third-order valence-corrected chi connectivity index (χ3v) is 0.437. The molecule has 1 N–H and O–H groups in total. The summed E-state index contributed by atoms with van der Waals surface area (Å²) < 4.78 is 18.5. The highest BCUT2D eigenvalue weighted by molar-refractivity contribution is 6.67. The van der Waals surface area contributed by atoms with E-state index in [-0.39, 0.29) is 0 Å². The molecule has 0 aliphatic heterocycles. The molecule has 0 fully saturated rings. The molecule has 9 heavy (non-hydrogen) atoms. The first-order valence-corrected chi connectivity index (χ1v) is 2.50. The van der Waals surface area contributed by atoms with Gasteiger partial charge in [0.05, 0.1) is 8.57 Å². The Hall–Kier alpha value is -0.280. The predicted molar refractivity (Wildman–Crippen MR) is 34.9 cm³/mol. The Kier molecular flexibility index (Phi) is 4.72. The number of halogens is 2. The van der Waals surface area contributed by atoms with Gasteiger partial charge in [-0.2, -0.15) is 0 Å². The molecule has 0 aromatic rings. The van der Waals surface area contributed by atoms with Gasteiger partial charge in [-0.1, -0.05) is 0 Å². The summed E-state index contributed by atoms with van der Waals surface area (Å²) in [5, 5.41) is 2.18. The van der Waals surface area contributed by atoms with Crippen LogP contribution in [0.4, 0.5) is 0 Å². The number of carbonyl (C=O) groups is 2. The smallest absolute Gasteiger partial charge is 0.300 e. The molecule has 3 nitrogen and oxygen atoms in total. The zero-order valence-corrected chi connectivity index (χ0v) is 5.99. The van der Waals surface area contributed by atoms with E-state index >= 15 is 0 Å². The summed E-state index contributed by atoms with van der Waals surface area (Å²) in [5.74, 6) is -2.98. The number of carboxylic acid groups (broad SMARTS) is 1. The van der Waals surface area contributed by atoms with Gasteiger partial charge in [0, 0.05) is 6.92 Å². The van der Waals surface area contributed by atoms with Crippen molar-refractivity contribution >= 4 is 34.4 Å². The molecule has 0 bridgehead atoms. The molecule has 0 radical (unpaired) electrons. The van der Waals surface area contributed by atoms with E-state index in [2.05, 4.69) is 16.7 Å². The number of carbonyl (C=O) groups excluding carboxylic acids is 1. The summed E-state index contributed by atoms with van der Waals surface area (Å²) in [6.45, 7) is 1.17. The van der Waals surface area contributed by atoms with Crippen molar-refractivity contribution in [2.24, 2.45) is 0 Å². The van der Waals surface area contributed by atoms with Crippen molar-refractivity contribution in [3.05, 3.63) is 0 Å². The molecule has 0 saturated heterocycles. The Labute approximate surface area is 66.9 Å². The quantitative estimate of drug-likeness (QED) is 0.480. The van der Waals surface area contributed by atoms with Gasteiger partial charge in [-0.15, -0.1) is 11.6 Å². The van der Waals surface area contributed by atoms with Crippen LogP contribution in [0.25, 0.3) is 1.43 Å². The predicted octanol–water partition coefficient (Wildman–Crippen LogP) is 1.08. The van der Waals surface area contributed by atoms with Crippen molar-refractivity contribution in [1.82, 2.24) is 0 Å². The van der Waals surface area contributed by atoms with Crippen LogP contribution in [0.3, 0.4) is 0 Å². The van der Waals surface area contributed by atoms with Gasteiger partial charge in [0.2, 0.25) is 5.24 Å². The molecule has 0 atom stereocenters. The maximum atomic E-state index is 9.72. The summed E-state index contributed by atoms with van der Waals surface area (Å²) in [4.78, 5) is 19.1. The van der Waals surface area contributed by atoms with Gasteiger partial charge in [0.15, 0.2) is 0 Å². The van der Waals surface area contributed by atoms with Crippen LogP contribution < -0.4 is 0 Å². The average molecular weight is 176 g/mol. The van der Waals surface area contributed by atoms with Crippen LogP contribution in [-0.2, 0) is 9.59 Å². The molecular formula is C4H6Cl2O3. The maximum Gasteiger partial charge on any atom is 0.300 e. The molecule has 0 aromatic carbocycles. The first-order chi connectivity index (χ1) is 5.21. The Morgan fingerprint density at radius 3 is 2.11 bits per heavy atom. The van der Waals surface area contributed by atoms with Crippen molar-refractivity contribution in [3.8, 4) is 0 Å². The van der Waals surface area contributed by atoms with E-state index in [4.69, 9.17) is 15.8 Å². The minimum Gasteiger partial charge on any atom is -0.481 e. The second-order valence-corrected chi connectivity index (χ2v) is 1.39. The highest BCUT2D eigenvalue weighted by Gasteiger charge is 1.83. The van der Waals surface area contributed by atoms with Gasteiger partial charge in [0.25, 0.3) is 7.40 Å². The minimum atomic E-state index is -2.40. The van der Waals surface area contributed by atoms with Crippen molar-refractivity contribution < 1.29 is 17.4 Å². The highest BCUT2D eigenvalue weighted by atomic mass is 35.5. The van der Waals surface area contributed by atoms with E-state index in [9.17, 15) is 9.59 Å². The van der Waals surface area contributed by atoms with Gasteiger partial charge >= 0.3 is 0 Å². The summed E-state index contributed by atoms with van der Waals surface area (Å²) in [6, 6.07) is 0. The molecule has 0 aromatic heterocycles. The Bertz CT molecular complexity index is 167. The molecule has 0 amide bonds. The molecule has 54 valence electrons. The van der Waals surface area contributed by atoms with E-state index in [1.807, 2.05) is 0 Å². The third-order valence-electron chi connectivity index (χ3n) is 0.0743. The molecule has 0 saturated carbocycles. The average Bonchev–Trinajstić information content (AvgIpc) is 1.87. The summed E-state index contributed by atoms with van der Waals surface area (Å²) in [7, 11) is 0. The fourth-order valence-corrected chi connectivity index (χ4v) is 0. The molecule has 0 aliphatic rings. The van der Waals surface area contributed by atoms with Crippen LogP contribution in [-0.4, -0.2) is 22.2 Å². The lowest BCUT2D eigenvalue weighted by atomic mass is 10.9. The lowest BCUT2D eigenvalue weighted by Gasteiger charge is -1.65. The lowest BCUT2D eigenvalue weighted by molar-refractivity contribution is -0.134. The fourth-order valence-electron chi connectivity index (χ4n) is 0. The number of hydrogen-bond donors (Lipinski definition) is 1. The van der Waals surface area contributed by atoms with Gasteiger partial charge in [-0.25, -0.2) is 0 Å². The van der Waals surface area contributed by atoms with Gasteiger partial charge < -0.3 is 5.11 Å². The largest absolute Gasteiger partial charge is 0.481 e. The Morgan fingerprint density at radius 2 is 2.11 bits per heavy atom. The summed E-state index contributed by atoms with van der Waals surface area (Å²) >= 11 is 9.33. The van der Waals surface area contributed by atoms with E-state index < -0.39 is 17.0 Å². The first-order valence-electron chi connectivity index (χ1n) is 3.15. The van der Waals surface area contributed by atoms with Crippen LogP contribution in [0.5, 0.6) is 0 Å². The van der Waals surface area contributed by atoms with E-state index in [1.54, 1.807) is 0 Å². The molecule has 0 heterocycles. The van der Waals surface area contributed by atoms with Crippen LogP contribution in [0.2, 0.25) is 0 Å². The van der Waals surface area contributed by atoms with Crippen LogP contribution >= 0.6 is 23.2 Å². The number of carboxylic acids is 1. The molecular weight excluding hydrogens is 167 g/mol. The van der Waals surface area contributed by atoms with Crippen molar-refractivity contribution in [2.45, 2.75) is 6.92 Å². The molecule has 5 heteroatoms. The van der Waals surface area contributed by atoms with Gasteiger partial charge in [-0.05, 0) is 11.6 Å². The van der Waals surface area contributed by atoms with Crippen molar-refractivity contribution in [3.63, 3.8) is 0 Å². The SMILES string of the molecule is [2H]C([2H])(Cl)C(=O)Cl.[2H]OC(C)=O. The molecule has 0 spiro atoms. The second kappa shape index (κ2) is 7.72. The number of aliphatic carboxylic acids is 1. The second-order valence-electron chi connectivity index (χ2n) is 0.860. The first kappa shape index (κ1) is 5.50. The number of hydrogen-bond acceptors (Lipinski definition) is 3. The molecule has 0 aliphatic carbocycles. The Balaban J connectivity index is 0. The lowest BCUT2D eigenvalue weighted by Crippen LogP contribution is -1.81. The van der Waals surface area contributed by atoms with Crippen molar-refractivity contribution in [1.29, 1.82) is 1.43 Å². The zero-order valence-electron chi connectivity index (χ0n) is 7.48. The summed E-state index contributed by atoms with van der Waals surface area (Å²) in [6.07, 6.45) is 0. The van der Waals surface area contributed by atoms with E-state index in [1.165, 1.54) is 6.92 Å². The van der Waals surface area contributed by atoms with Crippen LogP contribution in [0, 0.1) is 0 Å². The van der Waals surface area contributed by atoms with Crippen LogP contribution in [0.1, 0.15) is 9.67 Å². The molecule has 0 rings (SSSR count). The topological polar surface area (TPSA) is 54.4 Å². The zero-order chi connectivity index (χ0) is 10.4. The normalized spacial score (nSPS) is 13.0. The minimum absolute atomic E-state index is 0.579. The van der Waals surface area contributed by atoms with E-state index in [0.717, 1.165) is 0 Å². The highest BCUT2D eigenvalue weighted by Crippen LogP contribution is 1.80. The van der Waals surface area contributed by atoms with Gasteiger partial charge in [0.1, 0.15) is 0 Å². The number of rotatable bonds is 1.